The predicted molar refractivity (Wildman–Crippen MR) is 68.0 cm³/mol. The molecule has 0 spiro atoms. The molecule has 1 rings (SSSR count). The van der Waals surface area contributed by atoms with Crippen LogP contribution >= 0.6 is 0 Å². The van der Waals surface area contributed by atoms with Crippen LogP contribution in [0.4, 0.5) is 0 Å². The molecular weight excluding hydrogens is 216 g/mol. The molecule has 4 nitrogen and oxygen atoms in total. The molecule has 0 aliphatic rings. The van der Waals surface area contributed by atoms with Crippen molar-refractivity contribution in [2.45, 2.75) is 26.2 Å². The van der Waals surface area contributed by atoms with Gasteiger partial charge in [0.05, 0.1) is 13.0 Å². The molecule has 4 heteroatoms. The van der Waals surface area contributed by atoms with E-state index in [0.29, 0.717) is 0 Å². The lowest BCUT2D eigenvalue weighted by Gasteiger charge is -2.14. The molecule has 0 fully saturated rings. The summed E-state index contributed by atoms with van der Waals surface area (Å²) in [5.41, 5.74) is 7.35. The lowest BCUT2D eigenvalue weighted by atomic mass is 9.97. The van der Waals surface area contributed by atoms with Crippen LogP contribution in [0, 0.1) is 0 Å². The van der Waals surface area contributed by atoms with Crippen LogP contribution in [0.3, 0.4) is 0 Å². The average Bonchev–Trinajstić information content (AvgIpc) is 2.37. The van der Waals surface area contributed by atoms with Crippen molar-refractivity contribution in [3.05, 3.63) is 29.3 Å². The molecule has 0 saturated carbocycles. The Morgan fingerprint density at radius 2 is 2.18 bits per heavy atom. The van der Waals surface area contributed by atoms with E-state index in [4.69, 9.17) is 4.74 Å². The zero-order valence-corrected chi connectivity index (χ0v) is 10.8. The van der Waals surface area contributed by atoms with E-state index in [1.54, 1.807) is 14.2 Å². The Labute approximate surface area is 102 Å². The van der Waals surface area contributed by atoms with E-state index in [9.17, 15) is 4.79 Å². The van der Waals surface area contributed by atoms with Gasteiger partial charge in [0.25, 0.3) is 0 Å². The molecule has 1 atom stereocenters. The SMILES string of the molecule is CCc1cc(C(C)C(=O)NNC)ccc1OC. The number of ether oxygens (including phenoxy) is 1. The van der Waals surface area contributed by atoms with Crippen molar-refractivity contribution in [1.82, 2.24) is 10.9 Å². The van der Waals surface area contributed by atoms with Crippen LogP contribution in [0.1, 0.15) is 30.9 Å². The van der Waals surface area contributed by atoms with Gasteiger partial charge in [-0.15, -0.1) is 0 Å². The molecule has 17 heavy (non-hydrogen) atoms. The molecule has 0 aliphatic carbocycles. The monoisotopic (exact) mass is 236 g/mol. The highest BCUT2D eigenvalue weighted by atomic mass is 16.5. The van der Waals surface area contributed by atoms with Crippen LogP contribution in [-0.4, -0.2) is 20.1 Å². The number of amides is 1. The third kappa shape index (κ3) is 3.20. The zero-order valence-electron chi connectivity index (χ0n) is 10.8. The summed E-state index contributed by atoms with van der Waals surface area (Å²) in [5.74, 6) is 0.649. The van der Waals surface area contributed by atoms with Gasteiger partial charge in [0.15, 0.2) is 0 Å². The van der Waals surface area contributed by atoms with Crippen molar-refractivity contribution >= 4 is 5.91 Å². The van der Waals surface area contributed by atoms with Gasteiger partial charge in [-0.3, -0.25) is 10.2 Å². The number of carbonyl (C=O) groups excluding carboxylic acids is 1. The highest BCUT2D eigenvalue weighted by Crippen LogP contribution is 2.24. The molecule has 0 heterocycles. The Kier molecular flexibility index (Phi) is 4.97. The molecule has 94 valence electrons. The van der Waals surface area contributed by atoms with Gasteiger partial charge in [0, 0.05) is 7.05 Å². The van der Waals surface area contributed by atoms with E-state index < -0.39 is 0 Å². The number of hydrazine groups is 1. The highest BCUT2D eigenvalue weighted by molar-refractivity contribution is 5.82. The van der Waals surface area contributed by atoms with E-state index in [1.165, 1.54) is 0 Å². The van der Waals surface area contributed by atoms with Gasteiger partial charge in [-0.05, 0) is 30.5 Å². The Hall–Kier alpha value is -1.55. The fourth-order valence-electron chi connectivity index (χ4n) is 1.73. The number of aryl methyl sites for hydroxylation is 1. The van der Waals surface area contributed by atoms with Crippen LogP contribution < -0.4 is 15.6 Å². The first-order valence-electron chi connectivity index (χ1n) is 5.77. The molecule has 0 bridgehead atoms. The predicted octanol–water partition coefficient (Wildman–Crippen LogP) is 1.61. The number of rotatable bonds is 5. The van der Waals surface area contributed by atoms with Crippen LogP contribution in [0.15, 0.2) is 18.2 Å². The summed E-state index contributed by atoms with van der Waals surface area (Å²) in [6.45, 7) is 3.95. The zero-order chi connectivity index (χ0) is 12.8. The summed E-state index contributed by atoms with van der Waals surface area (Å²) < 4.78 is 5.27. The maximum Gasteiger partial charge on any atom is 0.241 e. The van der Waals surface area contributed by atoms with Gasteiger partial charge >= 0.3 is 0 Å². The summed E-state index contributed by atoms with van der Waals surface area (Å²) in [4.78, 5) is 11.7. The number of hydrogen-bond acceptors (Lipinski definition) is 3. The molecule has 0 radical (unpaired) electrons. The van der Waals surface area contributed by atoms with Crippen LogP contribution in [0.2, 0.25) is 0 Å². The Morgan fingerprint density at radius 1 is 1.47 bits per heavy atom. The smallest absolute Gasteiger partial charge is 0.241 e. The first-order valence-corrected chi connectivity index (χ1v) is 5.77. The number of benzene rings is 1. The molecule has 0 aliphatic heterocycles. The fraction of sp³-hybridized carbons (Fsp3) is 0.462. The standard InChI is InChI=1S/C13H20N2O2/c1-5-10-8-11(6-7-12(10)17-4)9(2)13(16)15-14-3/h6-9,14H,5H2,1-4H3,(H,15,16). The summed E-state index contributed by atoms with van der Waals surface area (Å²) >= 11 is 0. The summed E-state index contributed by atoms with van der Waals surface area (Å²) in [5, 5.41) is 0. The summed E-state index contributed by atoms with van der Waals surface area (Å²) in [6, 6.07) is 5.87. The van der Waals surface area contributed by atoms with Crippen molar-refractivity contribution in [3.63, 3.8) is 0 Å². The first-order chi connectivity index (χ1) is 8.13. The fourth-order valence-corrected chi connectivity index (χ4v) is 1.73. The van der Waals surface area contributed by atoms with Crippen molar-refractivity contribution < 1.29 is 9.53 Å². The Morgan fingerprint density at radius 3 is 2.71 bits per heavy atom. The van der Waals surface area contributed by atoms with Crippen molar-refractivity contribution in [2.24, 2.45) is 0 Å². The maximum atomic E-state index is 11.7. The van der Waals surface area contributed by atoms with Gasteiger partial charge in [-0.25, -0.2) is 5.43 Å². The van der Waals surface area contributed by atoms with Crippen LogP contribution in [0.5, 0.6) is 5.75 Å². The highest BCUT2D eigenvalue weighted by Gasteiger charge is 2.15. The molecule has 1 aromatic carbocycles. The van der Waals surface area contributed by atoms with E-state index in [1.807, 2.05) is 25.1 Å². The second-order valence-corrected chi connectivity index (χ2v) is 3.89. The maximum absolute atomic E-state index is 11.7. The third-order valence-electron chi connectivity index (χ3n) is 2.83. The Balaban J connectivity index is 2.95. The molecule has 1 unspecified atom stereocenters. The molecule has 0 aromatic heterocycles. The number of methoxy groups -OCH3 is 1. The van der Waals surface area contributed by atoms with Gasteiger partial charge in [0.2, 0.25) is 5.91 Å². The number of nitrogens with one attached hydrogen (secondary N) is 2. The van der Waals surface area contributed by atoms with Gasteiger partial charge < -0.3 is 4.74 Å². The minimum atomic E-state index is -0.182. The van der Waals surface area contributed by atoms with E-state index in [2.05, 4.69) is 17.8 Å². The number of carbonyl (C=O) groups is 1. The average molecular weight is 236 g/mol. The molecular formula is C13H20N2O2. The van der Waals surface area contributed by atoms with Crippen molar-refractivity contribution in [2.75, 3.05) is 14.2 Å². The summed E-state index contributed by atoms with van der Waals surface area (Å²) in [7, 11) is 3.33. The topological polar surface area (TPSA) is 50.4 Å². The molecule has 2 N–H and O–H groups in total. The lowest BCUT2D eigenvalue weighted by Crippen LogP contribution is -2.37. The van der Waals surface area contributed by atoms with Crippen molar-refractivity contribution in [3.8, 4) is 5.75 Å². The second kappa shape index (κ2) is 6.25. The van der Waals surface area contributed by atoms with Gasteiger partial charge in [-0.2, -0.15) is 0 Å². The first kappa shape index (κ1) is 13.5. The van der Waals surface area contributed by atoms with Crippen LogP contribution in [0.25, 0.3) is 0 Å². The molecule has 1 aromatic rings. The second-order valence-electron chi connectivity index (χ2n) is 3.89. The van der Waals surface area contributed by atoms with E-state index in [0.717, 1.165) is 23.3 Å². The normalized spacial score (nSPS) is 12.0. The largest absolute Gasteiger partial charge is 0.496 e. The van der Waals surface area contributed by atoms with Crippen molar-refractivity contribution in [1.29, 1.82) is 0 Å². The quantitative estimate of drug-likeness (QED) is 0.764. The van der Waals surface area contributed by atoms with E-state index >= 15 is 0 Å². The molecule has 1 amide bonds. The number of hydrogen-bond donors (Lipinski definition) is 2. The van der Waals surface area contributed by atoms with E-state index in [-0.39, 0.29) is 11.8 Å². The minimum Gasteiger partial charge on any atom is -0.496 e. The lowest BCUT2D eigenvalue weighted by molar-refractivity contribution is -0.123. The van der Waals surface area contributed by atoms with Gasteiger partial charge in [0.1, 0.15) is 5.75 Å². The summed E-state index contributed by atoms with van der Waals surface area (Å²) in [6.07, 6.45) is 0.886. The third-order valence-corrected chi connectivity index (χ3v) is 2.83. The Bertz CT molecular complexity index is 391. The minimum absolute atomic E-state index is 0.0419. The van der Waals surface area contributed by atoms with Gasteiger partial charge in [-0.1, -0.05) is 19.1 Å². The van der Waals surface area contributed by atoms with Crippen LogP contribution in [-0.2, 0) is 11.2 Å². The molecule has 0 saturated heterocycles.